The summed E-state index contributed by atoms with van der Waals surface area (Å²) in [5.41, 5.74) is -2.87. The standard InChI is InChI=1S/C8H14O5.2Na/c1-3-5(4-2)8(13,6(9)10)7(11)12;;/h5,13H,3-4H2,1-2H3,(H,9,10)(H,11,12);;/q;2*+1/p-2. The van der Waals surface area contributed by atoms with Crippen LogP contribution in [-0.4, -0.2) is 22.6 Å². The van der Waals surface area contributed by atoms with E-state index < -0.39 is 23.5 Å². The number of hydrogen-bond donors (Lipinski definition) is 1. The van der Waals surface area contributed by atoms with Crippen LogP contribution in [0.25, 0.3) is 0 Å². The van der Waals surface area contributed by atoms with Gasteiger partial charge in [-0.1, -0.05) is 13.8 Å². The molecule has 0 unspecified atom stereocenters. The predicted octanol–water partition coefficient (Wildman–Crippen LogP) is -8.34. The molecule has 0 aromatic heterocycles. The summed E-state index contributed by atoms with van der Waals surface area (Å²) in [6.07, 6.45) is 0.462. The van der Waals surface area contributed by atoms with E-state index >= 15 is 0 Å². The molecule has 7 heteroatoms. The van der Waals surface area contributed by atoms with Crippen LogP contribution in [0, 0.1) is 5.92 Å². The molecule has 0 aliphatic carbocycles. The fraction of sp³-hybridized carbons (Fsp3) is 0.750. The topological polar surface area (TPSA) is 100 Å². The van der Waals surface area contributed by atoms with Gasteiger partial charge in [0.05, 0.1) is 11.9 Å². The van der Waals surface area contributed by atoms with Crippen molar-refractivity contribution in [2.24, 2.45) is 5.92 Å². The van der Waals surface area contributed by atoms with Gasteiger partial charge < -0.3 is 24.9 Å². The number of aliphatic hydroxyl groups is 1. The van der Waals surface area contributed by atoms with Gasteiger partial charge in [-0.15, -0.1) is 0 Å². The molecule has 0 amide bonds. The van der Waals surface area contributed by atoms with Gasteiger partial charge in [-0.2, -0.15) is 0 Å². The number of carboxylic acid groups (broad SMARTS) is 2. The first-order valence-corrected chi connectivity index (χ1v) is 4.06. The van der Waals surface area contributed by atoms with Crippen LogP contribution in [-0.2, 0) is 9.59 Å². The van der Waals surface area contributed by atoms with E-state index in [-0.39, 0.29) is 72.0 Å². The van der Waals surface area contributed by atoms with Gasteiger partial charge in [-0.05, 0) is 18.8 Å². The minimum Gasteiger partial charge on any atom is -0.547 e. The van der Waals surface area contributed by atoms with Gasteiger partial charge in [-0.3, -0.25) is 0 Å². The molecule has 76 valence electrons. The summed E-state index contributed by atoms with van der Waals surface area (Å²) in [4.78, 5) is 20.9. The molecular formula is C8H12Na2O5. The minimum atomic E-state index is -2.87. The maximum absolute atomic E-state index is 10.4. The van der Waals surface area contributed by atoms with Gasteiger partial charge in [0.25, 0.3) is 0 Å². The maximum atomic E-state index is 10.4. The second-order valence-corrected chi connectivity index (χ2v) is 2.85. The van der Waals surface area contributed by atoms with Crippen LogP contribution in [0.15, 0.2) is 0 Å². The summed E-state index contributed by atoms with van der Waals surface area (Å²) in [5, 5.41) is 30.2. The number of carbonyl (C=O) groups excluding carboxylic acids is 2. The van der Waals surface area contributed by atoms with Crippen molar-refractivity contribution >= 4 is 11.9 Å². The zero-order valence-corrected chi connectivity index (χ0v) is 13.6. The molecular weight excluding hydrogens is 222 g/mol. The molecule has 5 nitrogen and oxygen atoms in total. The Labute approximate surface area is 133 Å². The summed E-state index contributed by atoms with van der Waals surface area (Å²) >= 11 is 0. The van der Waals surface area contributed by atoms with Crippen molar-refractivity contribution in [3.05, 3.63) is 0 Å². The van der Waals surface area contributed by atoms with E-state index in [1.807, 2.05) is 0 Å². The molecule has 0 heterocycles. The quantitative estimate of drug-likeness (QED) is 0.376. The fourth-order valence-electron chi connectivity index (χ4n) is 1.30. The van der Waals surface area contributed by atoms with E-state index in [4.69, 9.17) is 0 Å². The second kappa shape index (κ2) is 8.98. The van der Waals surface area contributed by atoms with E-state index in [2.05, 4.69) is 0 Å². The molecule has 15 heavy (non-hydrogen) atoms. The molecule has 0 saturated heterocycles. The first kappa shape index (κ1) is 21.2. The molecule has 0 saturated carbocycles. The van der Waals surface area contributed by atoms with Gasteiger partial charge in [0.1, 0.15) is 5.60 Å². The molecule has 0 aromatic rings. The van der Waals surface area contributed by atoms with Crippen LogP contribution < -0.4 is 69.3 Å². The molecule has 0 bridgehead atoms. The molecule has 0 fully saturated rings. The van der Waals surface area contributed by atoms with Gasteiger partial charge in [-0.25, -0.2) is 0 Å². The van der Waals surface area contributed by atoms with Gasteiger partial charge >= 0.3 is 59.1 Å². The third-order valence-electron chi connectivity index (χ3n) is 2.20. The maximum Gasteiger partial charge on any atom is 1.00 e. The fourth-order valence-corrected chi connectivity index (χ4v) is 1.30. The van der Waals surface area contributed by atoms with E-state index in [9.17, 15) is 24.9 Å². The van der Waals surface area contributed by atoms with Crippen molar-refractivity contribution < 1.29 is 84.0 Å². The number of carboxylic acids is 2. The van der Waals surface area contributed by atoms with E-state index in [0.717, 1.165) is 0 Å². The summed E-state index contributed by atoms with van der Waals surface area (Å²) in [5.74, 6) is -4.91. The Morgan fingerprint density at radius 1 is 1.13 bits per heavy atom. The second-order valence-electron chi connectivity index (χ2n) is 2.85. The van der Waals surface area contributed by atoms with Crippen LogP contribution in [0.1, 0.15) is 26.7 Å². The Morgan fingerprint density at radius 3 is 1.47 bits per heavy atom. The van der Waals surface area contributed by atoms with Gasteiger partial charge in [0, 0.05) is 0 Å². The summed E-state index contributed by atoms with van der Waals surface area (Å²) in [6, 6.07) is 0. The first-order chi connectivity index (χ1) is 5.91. The third-order valence-corrected chi connectivity index (χ3v) is 2.20. The molecule has 0 radical (unpaired) electrons. The molecule has 0 aliphatic heterocycles. The monoisotopic (exact) mass is 234 g/mol. The van der Waals surface area contributed by atoms with Crippen molar-refractivity contribution in [2.45, 2.75) is 32.3 Å². The molecule has 0 atom stereocenters. The van der Waals surface area contributed by atoms with Gasteiger partial charge in [0.2, 0.25) is 0 Å². The zero-order valence-electron chi connectivity index (χ0n) is 9.57. The van der Waals surface area contributed by atoms with Crippen LogP contribution in [0.5, 0.6) is 0 Å². The van der Waals surface area contributed by atoms with Crippen molar-refractivity contribution in [1.29, 1.82) is 0 Å². The Morgan fingerprint density at radius 2 is 1.40 bits per heavy atom. The summed E-state index contributed by atoms with van der Waals surface area (Å²) in [7, 11) is 0. The summed E-state index contributed by atoms with van der Waals surface area (Å²) < 4.78 is 0. The number of hydrogen-bond acceptors (Lipinski definition) is 5. The van der Waals surface area contributed by atoms with Crippen molar-refractivity contribution in [1.82, 2.24) is 0 Å². The van der Waals surface area contributed by atoms with E-state index in [0.29, 0.717) is 0 Å². The Kier molecular flexibility index (Phi) is 12.7. The van der Waals surface area contributed by atoms with Crippen LogP contribution in [0.3, 0.4) is 0 Å². The summed E-state index contributed by atoms with van der Waals surface area (Å²) in [6.45, 7) is 3.18. The molecule has 1 N–H and O–H groups in total. The van der Waals surface area contributed by atoms with Crippen LogP contribution in [0.2, 0.25) is 0 Å². The zero-order chi connectivity index (χ0) is 10.6. The molecule has 0 spiro atoms. The number of rotatable bonds is 5. The first-order valence-electron chi connectivity index (χ1n) is 4.06. The smallest absolute Gasteiger partial charge is 0.547 e. The molecule has 0 aromatic carbocycles. The predicted molar refractivity (Wildman–Crippen MR) is 39.0 cm³/mol. The largest absolute Gasteiger partial charge is 1.00 e. The normalized spacial score (nSPS) is 10.1. The van der Waals surface area contributed by atoms with Crippen molar-refractivity contribution in [2.75, 3.05) is 0 Å². The third kappa shape index (κ3) is 4.73. The molecule has 0 aliphatic rings. The average molecular weight is 234 g/mol. The molecule has 0 rings (SSSR count). The Balaban J connectivity index is -0.000000720. The van der Waals surface area contributed by atoms with Gasteiger partial charge in [0.15, 0.2) is 0 Å². The average Bonchev–Trinajstić information content (AvgIpc) is 2.05. The SMILES string of the molecule is CCC(CC)C(O)(C(=O)[O-])C(=O)[O-].[Na+].[Na+]. The number of aliphatic carboxylic acids is 2. The Bertz CT molecular complexity index is 201. The number of carbonyl (C=O) groups is 2. The van der Waals surface area contributed by atoms with Crippen molar-refractivity contribution in [3.8, 4) is 0 Å². The van der Waals surface area contributed by atoms with Crippen molar-refractivity contribution in [3.63, 3.8) is 0 Å². The van der Waals surface area contributed by atoms with Crippen LogP contribution in [0.4, 0.5) is 0 Å². The van der Waals surface area contributed by atoms with E-state index in [1.54, 1.807) is 13.8 Å². The van der Waals surface area contributed by atoms with Crippen LogP contribution >= 0.6 is 0 Å². The Hall–Kier alpha value is 0.900. The van der Waals surface area contributed by atoms with E-state index in [1.165, 1.54) is 0 Å². The minimum absolute atomic E-state index is 0.